The van der Waals surface area contributed by atoms with Gasteiger partial charge in [-0.3, -0.25) is 4.79 Å². The van der Waals surface area contributed by atoms with Crippen molar-refractivity contribution in [1.29, 1.82) is 5.26 Å². The lowest BCUT2D eigenvalue weighted by atomic mass is 10.1. The zero-order chi connectivity index (χ0) is 16.1. The lowest BCUT2D eigenvalue weighted by Crippen LogP contribution is -2.36. The van der Waals surface area contributed by atoms with Crippen LogP contribution in [0.3, 0.4) is 0 Å². The minimum Gasteiger partial charge on any atom is -0.337 e. The van der Waals surface area contributed by atoms with Crippen molar-refractivity contribution in [3.63, 3.8) is 0 Å². The maximum Gasteiger partial charge on any atom is 0.272 e. The molecule has 0 saturated heterocycles. The number of benzene rings is 1. The first-order valence-electron chi connectivity index (χ1n) is 6.89. The summed E-state index contributed by atoms with van der Waals surface area (Å²) in [7, 11) is 1.75. The van der Waals surface area contributed by atoms with Gasteiger partial charge in [0, 0.05) is 24.3 Å². The number of amides is 1. The van der Waals surface area contributed by atoms with Crippen LogP contribution in [0.15, 0.2) is 42.6 Å². The van der Waals surface area contributed by atoms with E-state index in [0.717, 1.165) is 12.0 Å². The Labute approximate surface area is 135 Å². The van der Waals surface area contributed by atoms with Crippen molar-refractivity contribution >= 4 is 17.5 Å². The molecule has 5 heteroatoms. The molecule has 112 valence electrons. The van der Waals surface area contributed by atoms with Crippen molar-refractivity contribution in [2.75, 3.05) is 7.05 Å². The molecular formula is C17H16ClN3O. The van der Waals surface area contributed by atoms with E-state index >= 15 is 0 Å². The Morgan fingerprint density at radius 1 is 1.32 bits per heavy atom. The molecule has 0 aliphatic rings. The van der Waals surface area contributed by atoms with E-state index < -0.39 is 0 Å². The smallest absolute Gasteiger partial charge is 0.272 e. The quantitative estimate of drug-likeness (QED) is 0.870. The van der Waals surface area contributed by atoms with E-state index in [2.05, 4.69) is 4.98 Å². The molecule has 2 rings (SSSR count). The van der Waals surface area contributed by atoms with Crippen LogP contribution in [0.5, 0.6) is 0 Å². The fourth-order valence-corrected chi connectivity index (χ4v) is 2.19. The third-order valence-electron chi connectivity index (χ3n) is 3.54. The van der Waals surface area contributed by atoms with Crippen molar-refractivity contribution in [2.24, 2.45) is 0 Å². The van der Waals surface area contributed by atoms with Gasteiger partial charge in [-0.05, 0) is 43.2 Å². The fraction of sp³-hybridized carbons (Fsp3) is 0.235. The van der Waals surface area contributed by atoms with Crippen LogP contribution < -0.4 is 0 Å². The zero-order valence-electron chi connectivity index (χ0n) is 12.5. The number of hydrogen-bond acceptors (Lipinski definition) is 3. The van der Waals surface area contributed by atoms with E-state index in [1.807, 2.05) is 37.3 Å². The van der Waals surface area contributed by atoms with E-state index in [0.29, 0.717) is 16.3 Å². The minimum atomic E-state index is -0.161. The molecule has 0 aliphatic heterocycles. The van der Waals surface area contributed by atoms with Gasteiger partial charge in [-0.2, -0.15) is 5.26 Å². The SMILES string of the molecule is CC(Cc1ccc(Cl)cc1)N(C)C(=O)c1ccc(C#N)cn1. The van der Waals surface area contributed by atoms with E-state index in [1.165, 1.54) is 6.20 Å². The molecule has 1 aromatic carbocycles. The number of carbonyl (C=O) groups is 1. The normalized spacial score (nSPS) is 11.5. The van der Waals surface area contributed by atoms with Crippen molar-refractivity contribution in [2.45, 2.75) is 19.4 Å². The molecule has 1 heterocycles. The molecule has 0 radical (unpaired) electrons. The molecule has 1 unspecified atom stereocenters. The second-order valence-corrected chi connectivity index (χ2v) is 5.58. The Morgan fingerprint density at radius 3 is 2.55 bits per heavy atom. The number of nitriles is 1. The highest BCUT2D eigenvalue weighted by molar-refractivity contribution is 6.30. The second-order valence-electron chi connectivity index (χ2n) is 5.14. The number of likely N-dealkylation sites (N-methyl/N-ethyl adjacent to an activating group) is 1. The summed E-state index contributed by atoms with van der Waals surface area (Å²) in [5.41, 5.74) is 1.89. The van der Waals surface area contributed by atoms with Crippen LogP contribution in [0.4, 0.5) is 0 Å². The molecule has 1 atom stereocenters. The predicted octanol–water partition coefficient (Wildman–Crippen LogP) is 3.31. The van der Waals surface area contributed by atoms with Crippen molar-refractivity contribution < 1.29 is 4.79 Å². The van der Waals surface area contributed by atoms with Gasteiger partial charge < -0.3 is 4.90 Å². The molecule has 0 spiro atoms. The summed E-state index contributed by atoms with van der Waals surface area (Å²) >= 11 is 5.87. The van der Waals surface area contributed by atoms with E-state index in [1.54, 1.807) is 24.1 Å². The van der Waals surface area contributed by atoms with Crippen LogP contribution in [0.2, 0.25) is 5.02 Å². The summed E-state index contributed by atoms with van der Waals surface area (Å²) in [6, 6.07) is 12.8. The monoisotopic (exact) mass is 313 g/mol. The first-order valence-corrected chi connectivity index (χ1v) is 7.27. The van der Waals surface area contributed by atoms with E-state index in [4.69, 9.17) is 16.9 Å². The van der Waals surface area contributed by atoms with Gasteiger partial charge in [0.2, 0.25) is 0 Å². The highest BCUT2D eigenvalue weighted by Gasteiger charge is 2.18. The summed E-state index contributed by atoms with van der Waals surface area (Å²) < 4.78 is 0. The van der Waals surface area contributed by atoms with Crippen LogP contribution in [-0.2, 0) is 6.42 Å². The van der Waals surface area contributed by atoms with Gasteiger partial charge in [-0.1, -0.05) is 23.7 Å². The average molecular weight is 314 g/mol. The van der Waals surface area contributed by atoms with E-state index in [9.17, 15) is 4.79 Å². The topological polar surface area (TPSA) is 57.0 Å². The van der Waals surface area contributed by atoms with Crippen molar-refractivity contribution in [3.05, 3.63) is 64.4 Å². The summed E-state index contributed by atoms with van der Waals surface area (Å²) in [6.07, 6.45) is 2.14. The molecule has 0 saturated carbocycles. The largest absolute Gasteiger partial charge is 0.337 e. The fourth-order valence-electron chi connectivity index (χ4n) is 2.07. The van der Waals surface area contributed by atoms with Crippen LogP contribution in [0.25, 0.3) is 0 Å². The lowest BCUT2D eigenvalue weighted by molar-refractivity contribution is 0.0737. The highest BCUT2D eigenvalue weighted by atomic mass is 35.5. The van der Waals surface area contributed by atoms with Crippen molar-refractivity contribution in [3.8, 4) is 6.07 Å². The standard InChI is InChI=1S/C17H16ClN3O/c1-12(9-13-3-6-15(18)7-4-13)21(2)17(22)16-8-5-14(10-19)11-20-16/h3-8,11-12H,9H2,1-2H3. The Bertz CT molecular complexity index is 689. The molecule has 2 aromatic rings. The van der Waals surface area contributed by atoms with Gasteiger partial charge in [0.15, 0.2) is 0 Å². The number of nitrogens with zero attached hydrogens (tertiary/aromatic N) is 3. The first-order chi connectivity index (χ1) is 10.5. The summed E-state index contributed by atoms with van der Waals surface area (Å²) in [4.78, 5) is 18.1. The Hall–Kier alpha value is -2.38. The predicted molar refractivity (Wildman–Crippen MR) is 85.7 cm³/mol. The summed E-state index contributed by atoms with van der Waals surface area (Å²) in [6.45, 7) is 1.98. The Balaban J connectivity index is 2.05. The molecule has 1 amide bonds. The van der Waals surface area contributed by atoms with Crippen LogP contribution in [0, 0.1) is 11.3 Å². The maximum atomic E-state index is 12.4. The molecule has 0 bridgehead atoms. The van der Waals surface area contributed by atoms with Gasteiger partial charge in [0.25, 0.3) is 5.91 Å². The molecule has 22 heavy (non-hydrogen) atoms. The summed E-state index contributed by atoms with van der Waals surface area (Å²) in [5, 5.41) is 9.45. The summed E-state index contributed by atoms with van der Waals surface area (Å²) in [5.74, 6) is -0.161. The number of pyridine rings is 1. The zero-order valence-corrected chi connectivity index (χ0v) is 13.2. The number of halogens is 1. The number of rotatable bonds is 4. The number of hydrogen-bond donors (Lipinski definition) is 0. The van der Waals surface area contributed by atoms with Crippen LogP contribution in [-0.4, -0.2) is 28.9 Å². The molecule has 0 aliphatic carbocycles. The Morgan fingerprint density at radius 2 is 2.00 bits per heavy atom. The van der Waals surface area contributed by atoms with Gasteiger partial charge in [-0.25, -0.2) is 4.98 Å². The Kier molecular flexibility index (Phi) is 5.13. The van der Waals surface area contributed by atoms with Gasteiger partial charge in [0.05, 0.1) is 5.56 Å². The van der Waals surface area contributed by atoms with Gasteiger partial charge in [-0.15, -0.1) is 0 Å². The van der Waals surface area contributed by atoms with Crippen LogP contribution >= 0.6 is 11.6 Å². The minimum absolute atomic E-state index is 0.0196. The lowest BCUT2D eigenvalue weighted by Gasteiger charge is -2.24. The molecule has 0 fully saturated rings. The molecule has 4 nitrogen and oxygen atoms in total. The number of carbonyl (C=O) groups excluding carboxylic acids is 1. The highest BCUT2D eigenvalue weighted by Crippen LogP contribution is 2.14. The third-order valence-corrected chi connectivity index (χ3v) is 3.79. The van der Waals surface area contributed by atoms with E-state index in [-0.39, 0.29) is 11.9 Å². The second kappa shape index (κ2) is 7.06. The first kappa shape index (κ1) is 16.0. The maximum absolute atomic E-state index is 12.4. The van der Waals surface area contributed by atoms with Crippen molar-refractivity contribution in [1.82, 2.24) is 9.88 Å². The molecular weight excluding hydrogens is 298 g/mol. The number of aromatic nitrogens is 1. The van der Waals surface area contributed by atoms with Gasteiger partial charge in [0.1, 0.15) is 11.8 Å². The van der Waals surface area contributed by atoms with Gasteiger partial charge >= 0.3 is 0 Å². The molecule has 1 aromatic heterocycles. The molecule has 0 N–H and O–H groups in total. The van der Waals surface area contributed by atoms with Crippen LogP contribution in [0.1, 0.15) is 28.5 Å². The third kappa shape index (κ3) is 3.84. The average Bonchev–Trinajstić information content (AvgIpc) is 2.55.